The van der Waals surface area contributed by atoms with E-state index < -0.39 is 12.1 Å². The highest BCUT2D eigenvalue weighted by Gasteiger charge is 2.18. The molecule has 0 heterocycles. The number of rotatable bonds is 58. The average Bonchev–Trinajstić information content (AvgIpc) is 3.37. The molecule has 0 aromatic heterocycles. The number of carbonyl (C=O) groups is 1. The minimum Gasteiger partial charge on any atom is -0.394 e. The van der Waals surface area contributed by atoms with E-state index in [-0.39, 0.29) is 12.5 Å². The summed E-state index contributed by atoms with van der Waals surface area (Å²) >= 11 is 0. The summed E-state index contributed by atoms with van der Waals surface area (Å²) in [4.78, 5) is 12.5. The molecule has 0 saturated heterocycles. The zero-order chi connectivity index (χ0) is 51.3. The molecule has 2 unspecified atom stereocenters. The molecule has 0 aromatic rings. The van der Waals surface area contributed by atoms with Crippen molar-refractivity contribution < 1.29 is 15.0 Å². The van der Waals surface area contributed by atoms with Crippen molar-refractivity contribution in [3.05, 3.63) is 72.9 Å². The summed E-state index contributed by atoms with van der Waals surface area (Å²) in [7, 11) is 0. The van der Waals surface area contributed by atoms with Crippen molar-refractivity contribution in [3.63, 3.8) is 0 Å². The van der Waals surface area contributed by atoms with Crippen LogP contribution in [0.15, 0.2) is 72.9 Å². The molecule has 0 aliphatic rings. The van der Waals surface area contributed by atoms with E-state index in [1.54, 1.807) is 6.08 Å². The number of hydrogen-bond donors (Lipinski definition) is 3. The molecule has 4 nitrogen and oxygen atoms in total. The molecular weight excluding hydrogens is 867 g/mol. The summed E-state index contributed by atoms with van der Waals surface area (Å²) in [5.41, 5.74) is 0. The quantitative estimate of drug-likeness (QED) is 0.0420. The monoisotopic (exact) mass is 990 g/mol. The Morgan fingerprint density at radius 3 is 0.930 bits per heavy atom. The van der Waals surface area contributed by atoms with Gasteiger partial charge in [-0.2, -0.15) is 0 Å². The minimum absolute atomic E-state index is 0.0597. The maximum atomic E-state index is 12.5. The van der Waals surface area contributed by atoms with Gasteiger partial charge < -0.3 is 15.5 Å². The molecule has 0 bridgehead atoms. The Morgan fingerprint density at radius 1 is 0.352 bits per heavy atom. The van der Waals surface area contributed by atoms with Crippen LogP contribution in [-0.2, 0) is 4.79 Å². The molecule has 3 N–H and O–H groups in total. The molecule has 0 aliphatic carbocycles. The Balaban J connectivity index is 3.46. The van der Waals surface area contributed by atoms with E-state index in [4.69, 9.17) is 0 Å². The van der Waals surface area contributed by atoms with Crippen LogP contribution in [0.25, 0.3) is 0 Å². The second kappa shape index (κ2) is 62.1. The third-order valence-electron chi connectivity index (χ3n) is 14.4. The Morgan fingerprint density at radius 2 is 0.620 bits per heavy atom. The van der Waals surface area contributed by atoms with Crippen LogP contribution in [0.1, 0.15) is 328 Å². The SMILES string of the molecule is CC/C=C\C/C=C\C/C=C\C/C=C\C/C=C\CCCCCCCCCCCCCCCCCCCCCC(=O)NC(CO)C(O)/C=C/CCCCCCCCCCCCCCCCCCCCCCCC. The molecule has 2 atom stereocenters. The molecule has 0 saturated carbocycles. The standard InChI is InChI=1S/C67H123NO3/c1-3-5-7-9-11-13-15-17-19-21-23-25-27-29-30-31-32-33-34-35-36-37-38-39-41-43-45-47-49-51-53-55-57-59-61-63-67(71)68-65(64-69)66(70)62-60-58-56-54-52-50-48-46-44-42-40-28-26-24-22-20-18-16-14-12-10-8-6-4-2/h5,7,11,13,17,19,23,25,29-30,60,62,65-66,69-70H,3-4,6,8-10,12,14-16,18,20-22,24,26-28,31-59,61,63-64H2,1-2H3,(H,68,71)/b7-5-,13-11-,19-17-,25-23-,30-29-,62-60+. The molecule has 0 radical (unpaired) electrons. The summed E-state index contributed by atoms with van der Waals surface area (Å²) in [5.74, 6) is -0.0597. The number of amides is 1. The summed E-state index contributed by atoms with van der Waals surface area (Å²) in [6, 6.07) is -0.624. The number of aliphatic hydroxyl groups is 2. The van der Waals surface area contributed by atoms with Gasteiger partial charge in [-0.3, -0.25) is 4.79 Å². The lowest BCUT2D eigenvalue weighted by molar-refractivity contribution is -0.123. The first kappa shape index (κ1) is 68.8. The first-order chi connectivity index (χ1) is 35.2. The normalized spacial score (nSPS) is 13.2. The number of aliphatic hydroxyl groups excluding tert-OH is 2. The first-order valence-electron chi connectivity index (χ1n) is 31.7. The van der Waals surface area contributed by atoms with E-state index in [1.165, 1.54) is 250 Å². The van der Waals surface area contributed by atoms with Gasteiger partial charge in [-0.05, 0) is 64.2 Å². The second-order valence-corrected chi connectivity index (χ2v) is 21.5. The van der Waals surface area contributed by atoms with Crippen LogP contribution in [0.5, 0.6) is 0 Å². The predicted octanol–water partition coefficient (Wildman–Crippen LogP) is 21.3. The van der Waals surface area contributed by atoms with Gasteiger partial charge in [0.15, 0.2) is 0 Å². The van der Waals surface area contributed by atoms with E-state index in [0.717, 1.165) is 57.8 Å². The number of allylic oxidation sites excluding steroid dienone is 11. The summed E-state index contributed by atoms with van der Waals surface area (Å²) in [6.07, 6.45) is 89.5. The van der Waals surface area contributed by atoms with Crippen molar-refractivity contribution in [2.75, 3.05) is 6.61 Å². The van der Waals surface area contributed by atoms with E-state index in [1.807, 2.05) is 6.08 Å². The lowest BCUT2D eigenvalue weighted by Crippen LogP contribution is -2.45. The van der Waals surface area contributed by atoms with Gasteiger partial charge in [0, 0.05) is 6.42 Å². The average molecular weight is 991 g/mol. The fourth-order valence-corrected chi connectivity index (χ4v) is 9.68. The Bertz CT molecular complexity index is 1210. The molecule has 414 valence electrons. The third kappa shape index (κ3) is 58.6. The van der Waals surface area contributed by atoms with Crippen LogP contribution in [0, 0.1) is 0 Å². The lowest BCUT2D eigenvalue weighted by atomic mass is 10.0. The second-order valence-electron chi connectivity index (χ2n) is 21.5. The predicted molar refractivity (Wildman–Crippen MR) is 317 cm³/mol. The van der Waals surface area contributed by atoms with Gasteiger partial charge in [0.25, 0.3) is 0 Å². The largest absolute Gasteiger partial charge is 0.394 e. The molecule has 1 amide bonds. The van der Waals surface area contributed by atoms with Crippen molar-refractivity contribution in [3.8, 4) is 0 Å². The van der Waals surface area contributed by atoms with Gasteiger partial charge in [0.1, 0.15) is 0 Å². The van der Waals surface area contributed by atoms with Crippen molar-refractivity contribution in [1.29, 1.82) is 0 Å². The van der Waals surface area contributed by atoms with Crippen LogP contribution in [0.2, 0.25) is 0 Å². The zero-order valence-electron chi connectivity index (χ0n) is 47.7. The number of unbranched alkanes of at least 4 members (excludes halogenated alkanes) is 41. The van der Waals surface area contributed by atoms with Gasteiger partial charge in [-0.25, -0.2) is 0 Å². The van der Waals surface area contributed by atoms with E-state index in [2.05, 4.69) is 79.9 Å². The number of hydrogen-bond acceptors (Lipinski definition) is 3. The zero-order valence-corrected chi connectivity index (χ0v) is 47.7. The van der Waals surface area contributed by atoms with Gasteiger partial charge in [-0.1, -0.05) is 331 Å². The number of nitrogens with one attached hydrogen (secondary N) is 1. The molecule has 0 aromatic carbocycles. The molecule has 0 spiro atoms. The van der Waals surface area contributed by atoms with Gasteiger partial charge in [-0.15, -0.1) is 0 Å². The third-order valence-corrected chi connectivity index (χ3v) is 14.4. The van der Waals surface area contributed by atoms with Crippen LogP contribution in [0.3, 0.4) is 0 Å². The highest BCUT2D eigenvalue weighted by molar-refractivity contribution is 5.76. The molecule has 71 heavy (non-hydrogen) atoms. The van der Waals surface area contributed by atoms with Crippen LogP contribution >= 0.6 is 0 Å². The number of carbonyl (C=O) groups excluding carboxylic acids is 1. The van der Waals surface area contributed by atoms with Crippen LogP contribution in [-0.4, -0.2) is 34.9 Å². The Kier molecular flexibility index (Phi) is 60.2. The topological polar surface area (TPSA) is 69.6 Å². The Hall–Kier alpha value is -2.17. The van der Waals surface area contributed by atoms with Gasteiger partial charge >= 0.3 is 0 Å². The molecule has 0 fully saturated rings. The molecule has 0 aliphatic heterocycles. The van der Waals surface area contributed by atoms with Crippen molar-refractivity contribution in [2.24, 2.45) is 0 Å². The fraction of sp³-hybridized carbons (Fsp3) is 0.806. The van der Waals surface area contributed by atoms with Crippen molar-refractivity contribution in [1.82, 2.24) is 5.32 Å². The first-order valence-corrected chi connectivity index (χ1v) is 31.7. The smallest absolute Gasteiger partial charge is 0.220 e. The van der Waals surface area contributed by atoms with Crippen LogP contribution in [0.4, 0.5) is 0 Å². The van der Waals surface area contributed by atoms with E-state index >= 15 is 0 Å². The van der Waals surface area contributed by atoms with Gasteiger partial charge in [0.2, 0.25) is 5.91 Å². The van der Waals surface area contributed by atoms with Crippen LogP contribution < -0.4 is 5.32 Å². The summed E-state index contributed by atoms with van der Waals surface area (Å²) in [5, 5.41) is 23.3. The molecule has 4 heteroatoms. The van der Waals surface area contributed by atoms with Crippen molar-refractivity contribution >= 4 is 5.91 Å². The van der Waals surface area contributed by atoms with Crippen molar-refractivity contribution in [2.45, 2.75) is 341 Å². The van der Waals surface area contributed by atoms with E-state index in [9.17, 15) is 15.0 Å². The maximum Gasteiger partial charge on any atom is 0.220 e. The summed E-state index contributed by atoms with van der Waals surface area (Å²) < 4.78 is 0. The minimum atomic E-state index is -0.841. The fourth-order valence-electron chi connectivity index (χ4n) is 9.68. The molecular formula is C67H123NO3. The van der Waals surface area contributed by atoms with Gasteiger partial charge in [0.05, 0.1) is 18.8 Å². The highest BCUT2D eigenvalue weighted by atomic mass is 16.3. The lowest BCUT2D eigenvalue weighted by Gasteiger charge is -2.20. The summed E-state index contributed by atoms with van der Waals surface area (Å²) in [6.45, 7) is 4.23. The Labute approximate surface area is 444 Å². The maximum absolute atomic E-state index is 12.5. The molecule has 0 rings (SSSR count). The van der Waals surface area contributed by atoms with E-state index in [0.29, 0.717) is 6.42 Å². The highest BCUT2D eigenvalue weighted by Crippen LogP contribution is 2.18.